The van der Waals surface area contributed by atoms with Crippen LogP contribution in [0.25, 0.3) is 0 Å². The molecule has 1 aliphatic heterocycles. The van der Waals surface area contributed by atoms with E-state index in [9.17, 15) is 18.0 Å². The van der Waals surface area contributed by atoms with E-state index < -0.39 is 28.1 Å². The average molecular weight is 341 g/mol. The summed E-state index contributed by atoms with van der Waals surface area (Å²) in [5.74, 6) is -1.15. The van der Waals surface area contributed by atoms with Crippen LogP contribution in [0.2, 0.25) is 0 Å². The molecular weight excluding hydrogens is 322 g/mol. The molecule has 1 saturated heterocycles. The summed E-state index contributed by atoms with van der Waals surface area (Å²) in [7, 11) is -2.71. The van der Waals surface area contributed by atoms with Crippen molar-refractivity contribution in [3.8, 4) is 0 Å². The first kappa shape index (κ1) is 17.4. The molecule has 8 nitrogen and oxygen atoms in total. The minimum absolute atomic E-state index is 0.0948. The van der Waals surface area contributed by atoms with Crippen LogP contribution in [0.15, 0.2) is 30.3 Å². The molecule has 0 bridgehead atoms. The number of piperazine rings is 1. The third-order valence-electron chi connectivity index (χ3n) is 3.48. The van der Waals surface area contributed by atoms with Gasteiger partial charge in [0.15, 0.2) is 0 Å². The van der Waals surface area contributed by atoms with Gasteiger partial charge in [0.1, 0.15) is 6.04 Å². The van der Waals surface area contributed by atoms with Gasteiger partial charge < -0.3 is 10.1 Å². The molecule has 1 amide bonds. The molecule has 1 unspecified atom stereocenters. The molecule has 23 heavy (non-hydrogen) atoms. The van der Waals surface area contributed by atoms with Gasteiger partial charge in [-0.3, -0.25) is 9.59 Å². The maximum absolute atomic E-state index is 12.5. The Labute approximate surface area is 135 Å². The van der Waals surface area contributed by atoms with Gasteiger partial charge in [0, 0.05) is 19.6 Å². The number of nitrogens with zero attached hydrogens (tertiary/aromatic N) is 1. The number of benzene rings is 1. The highest BCUT2D eigenvalue weighted by Crippen LogP contribution is 2.14. The molecule has 0 aromatic heterocycles. The van der Waals surface area contributed by atoms with Crippen molar-refractivity contribution in [2.24, 2.45) is 0 Å². The first-order valence-electron chi connectivity index (χ1n) is 7.09. The number of methoxy groups -OCH3 is 1. The van der Waals surface area contributed by atoms with Crippen molar-refractivity contribution >= 4 is 22.1 Å². The smallest absolute Gasteiger partial charge is 0.307 e. The quantitative estimate of drug-likeness (QED) is 0.671. The van der Waals surface area contributed by atoms with E-state index in [0.717, 1.165) is 9.87 Å². The number of carbonyl (C=O) groups is 2. The number of carbonyl (C=O) groups excluding carboxylic acids is 2. The highest BCUT2D eigenvalue weighted by atomic mass is 32.2. The third-order valence-corrected chi connectivity index (χ3v) is 5.04. The monoisotopic (exact) mass is 341 g/mol. The van der Waals surface area contributed by atoms with Crippen LogP contribution in [0, 0.1) is 0 Å². The maximum Gasteiger partial charge on any atom is 0.307 e. The molecule has 0 saturated carbocycles. The van der Waals surface area contributed by atoms with Crippen LogP contribution >= 0.6 is 0 Å². The lowest BCUT2D eigenvalue weighted by Gasteiger charge is -2.33. The van der Waals surface area contributed by atoms with Crippen LogP contribution in [0.1, 0.15) is 12.0 Å². The Kier molecular flexibility index (Phi) is 5.69. The van der Waals surface area contributed by atoms with Crippen molar-refractivity contribution in [2.45, 2.75) is 19.0 Å². The lowest BCUT2D eigenvalue weighted by Crippen LogP contribution is -2.59. The van der Waals surface area contributed by atoms with E-state index in [2.05, 4.69) is 14.8 Å². The minimum atomic E-state index is -3.90. The number of ether oxygens (including phenoxy) is 1. The summed E-state index contributed by atoms with van der Waals surface area (Å²) in [5, 5.41) is 2.56. The molecule has 1 aromatic carbocycles. The van der Waals surface area contributed by atoms with Crippen LogP contribution < -0.4 is 10.0 Å². The summed E-state index contributed by atoms with van der Waals surface area (Å²) in [4.78, 5) is 23.4. The minimum Gasteiger partial charge on any atom is -0.469 e. The van der Waals surface area contributed by atoms with Gasteiger partial charge in [-0.25, -0.2) is 0 Å². The molecule has 1 heterocycles. The van der Waals surface area contributed by atoms with Gasteiger partial charge in [0.2, 0.25) is 5.91 Å². The molecule has 2 N–H and O–H groups in total. The van der Waals surface area contributed by atoms with Crippen molar-refractivity contribution in [1.82, 2.24) is 14.3 Å². The Morgan fingerprint density at radius 1 is 1.39 bits per heavy atom. The molecule has 1 aromatic rings. The second kappa shape index (κ2) is 7.53. The number of amides is 1. The van der Waals surface area contributed by atoms with Crippen LogP contribution in [0.4, 0.5) is 0 Å². The van der Waals surface area contributed by atoms with Crippen LogP contribution in [-0.2, 0) is 31.1 Å². The Hall–Kier alpha value is -1.97. The summed E-state index contributed by atoms with van der Waals surface area (Å²) in [6, 6.07) is 7.91. The highest BCUT2D eigenvalue weighted by Gasteiger charge is 2.38. The van der Waals surface area contributed by atoms with E-state index in [0.29, 0.717) is 0 Å². The van der Waals surface area contributed by atoms with Gasteiger partial charge in [-0.2, -0.15) is 17.4 Å². The summed E-state index contributed by atoms with van der Waals surface area (Å²) in [6.45, 7) is 0.395. The van der Waals surface area contributed by atoms with E-state index >= 15 is 0 Å². The Balaban J connectivity index is 2.11. The average Bonchev–Trinajstić information content (AvgIpc) is 2.55. The van der Waals surface area contributed by atoms with E-state index in [1.54, 1.807) is 24.3 Å². The fraction of sp³-hybridized carbons (Fsp3) is 0.429. The molecule has 1 aliphatic rings. The zero-order valence-corrected chi connectivity index (χ0v) is 13.5. The molecule has 0 aliphatic carbocycles. The van der Waals surface area contributed by atoms with Crippen LogP contribution in [0.5, 0.6) is 0 Å². The SMILES string of the molecule is COC(=O)CC1C(=O)NCCN1S(=O)(=O)NCc1ccccc1. The fourth-order valence-corrected chi connectivity index (χ4v) is 3.62. The third kappa shape index (κ3) is 4.50. The van der Waals surface area contributed by atoms with Gasteiger partial charge in [-0.05, 0) is 5.56 Å². The largest absolute Gasteiger partial charge is 0.469 e. The van der Waals surface area contributed by atoms with Gasteiger partial charge in [0.25, 0.3) is 10.2 Å². The highest BCUT2D eigenvalue weighted by molar-refractivity contribution is 7.87. The molecule has 1 atom stereocenters. The number of esters is 1. The lowest BCUT2D eigenvalue weighted by atomic mass is 10.1. The Morgan fingerprint density at radius 3 is 2.74 bits per heavy atom. The zero-order chi connectivity index (χ0) is 16.9. The summed E-state index contributed by atoms with van der Waals surface area (Å²) >= 11 is 0. The van der Waals surface area contributed by atoms with E-state index in [1.165, 1.54) is 7.11 Å². The summed E-state index contributed by atoms with van der Waals surface area (Å²) < 4.78 is 32.9. The molecule has 126 valence electrons. The van der Waals surface area contributed by atoms with Crippen molar-refractivity contribution in [2.75, 3.05) is 20.2 Å². The topological polar surface area (TPSA) is 105 Å². The van der Waals surface area contributed by atoms with Crippen molar-refractivity contribution in [3.05, 3.63) is 35.9 Å². The standard InChI is InChI=1S/C14H19N3O5S/c1-22-13(18)9-12-14(19)15-7-8-17(12)23(20,21)16-10-11-5-3-2-4-6-11/h2-6,12,16H,7-10H2,1H3,(H,15,19). The predicted molar refractivity (Wildman–Crippen MR) is 82.3 cm³/mol. The molecule has 9 heteroatoms. The predicted octanol–water partition coefficient (Wildman–Crippen LogP) is -0.615. The first-order valence-corrected chi connectivity index (χ1v) is 8.53. The molecule has 0 radical (unpaired) electrons. The molecular formula is C14H19N3O5S. The molecule has 0 spiro atoms. The number of hydrogen-bond acceptors (Lipinski definition) is 5. The van der Waals surface area contributed by atoms with Gasteiger partial charge in [-0.1, -0.05) is 30.3 Å². The normalized spacial score (nSPS) is 19.2. The number of rotatable bonds is 6. The lowest BCUT2D eigenvalue weighted by molar-refractivity contribution is -0.144. The van der Waals surface area contributed by atoms with Crippen molar-refractivity contribution < 1.29 is 22.7 Å². The van der Waals surface area contributed by atoms with Gasteiger partial charge in [-0.15, -0.1) is 0 Å². The molecule has 2 rings (SSSR count). The second-order valence-electron chi connectivity index (χ2n) is 5.01. The number of hydrogen-bond donors (Lipinski definition) is 2. The zero-order valence-electron chi connectivity index (χ0n) is 12.7. The fourth-order valence-electron chi connectivity index (χ4n) is 2.27. The second-order valence-corrected chi connectivity index (χ2v) is 6.72. The molecule has 1 fully saturated rings. The Morgan fingerprint density at radius 2 is 2.09 bits per heavy atom. The summed E-state index contributed by atoms with van der Waals surface area (Å²) in [5.41, 5.74) is 0.794. The van der Waals surface area contributed by atoms with E-state index in [4.69, 9.17) is 0 Å². The maximum atomic E-state index is 12.5. The summed E-state index contributed by atoms with van der Waals surface area (Å²) in [6.07, 6.45) is -0.325. The van der Waals surface area contributed by atoms with E-state index in [1.807, 2.05) is 6.07 Å². The first-order chi connectivity index (χ1) is 10.9. The van der Waals surface area contributed by atoms with Gasteiger partial charge in [0.05, 0.1) is 13.5 Å². The number of nitrogens with one attached hydrogen (secondary N) is 2. The Bertz CT molecular complexity index is 662. The van der Waals surface area contributed by atoms with Crippen molar-refractivity contribution in [1.29, 1.82) is 0 Å². The van der Waals surface area contributed by atoms with Crippen molar-refractivity contribution in [3.63, 3.8) is 0 Å². The van der Waals surface area contributed by atoms with Crippen LogP contribution in [0.3, 0.4) is 0 Å². The van der Waals surface area contributed by atoms with Crippen LogP contribution in [-0.4, -0.2) is 50.8 Å². The van der Waals surface area contributed by atoms with E-state index in [-0.39, 0.29) is 26.1 Å². The van der Waals surface area contributed by atoms with Gasteiger partial charge >= 0.3 is 5.97 Å².